The van der Waals surface area contributed by atoms with Crippen molar-refractivity contribution >= 4 is 17.7 Å². The Morgan fingerprint density at radius 3 is 2.69 bits per heavy atom. The van der Waals surface area contributed by atoms with Crippen molar-refractivity contribution in [3.8, 4) is 17.4 Å². The van der Waals surface area contributed by atoms with Crippen LogP contribution in [0.15, 0.2) is 47.6 Å². The maximum absolute atomic E-state index is 5.87. The van der Waals surface area contributed by atoms with E-state index in [-0.39, 0.29) is 0 Å². The van der Waals surface area contributed by atoms with Crippen LogP contribution in [0.25, 0.3) is 0 Å². The van der Waals surface area contributed by atoms with Crippen LogP contribution in [0.3, 0.4) is 0 Å². The first-order valence-corrected chi connectivity index (χ1v) is 11.3. The molecule has 0 bridgehead atoms. The van der Waals surface area contributed by atoms with Crippen molar-refractivity contribution in [3.05, 3.63) is 48.2 Å². The minimum atomic E-state index is 0.495. The normalized spacial score (nSPS) is 19.1. The fraction of sp³-hybridized carbons (Fsp3) is 0.455. The van der Waals surface area contributed by atoms with Crippen molar-refractivity contribution in [1.29, 1.82) is 0 Å². The average Bonchev–Trinajstić information content (AvgIpc) is 3.21. The van der Waals surface area contributed by atoms with Crippen molar-refractivity contribution in [2.24, 2.45) is 4.99 Å². The number of rotatable bonds is 8. The van der Waals surface area contributed by atoms with Crippen LogP contribution in [0, 0.1) is 0 Å². The Labute approximate surface area is 177 Å². The van der Waals surface area contributed by atoms with E-state index in [1.807, 2.05) is 62.1 Å². The summed E-state index contributed by atoms with van der Waals surface area (Å²) in [7, 11) is 1.81. The molecule has 0 amide bonds. The second-order valence-electron chi connectivity index (χ2n) is 6.95. The van der Waals surface area contributed by atoms with Crippen molar-refractivity contribution in [2.45, 2.75) is 44.0 Å². The maximum atomic E-state index is 5.87. The first-order chi connectivity index (χ1) is 14.2. The number of ether oxygens (including phenoxy) is 2. The van der Waals surface area contributed by atoms with Crippen LogP contribution in [0.4, 0.5) is 0 Å². The number of hydrogen-bond donors (Lipinski definition) is 2. The van der Waals surface area contributed by atoms with Crippen LogP contribution >= 0.6 is 11.8 Å². The quantitative estimate of drug-likeness (QED) is 0.498. The number of nitrogens with one attached hydrogen (secondary N) is 2. The monoisotopic (exact) mass is 414 g/mol. The van der Waals surface area contributed by atoms with E-state index in [0.717, 1.165) is 28.3 Å². The Morgan fingerprint density at radius 2 is 2.00 bits per heavy atom. The molecule has 1 aliphatic carbocycles. The molecule has 0 aliphatic heterocycles. The molecule has 2 N–H and O–H groups in total. The third-order valence-electron chi connectivity index (χ3n) is 4.90. The molecule has 156 valence electrons. The van der Waals surface area contributed by atoms with Gasteiger partial charge in [0.15, 0.2) is 5.96 Å². The summed E-state index contributed by atoms with van der Waals surface area (Å²) in [5.74, 6) is 2.96. The van der Waals surface area contributed by atoms with Crippen molar-refractivity contribution in [3.63, 3.8) is 0 Å². The zero-order valence-corrected chi connectivity index (χ0v) is 18.2. The number of benzene rings is 1. The van der Waals surface area contributed by atoms with Gasteiger partial charge in [0.1, 0.15) is 11.5 Å². The van der Waals surface area contributed by atoms with E-state index in [1.165, 1.54) is 19.3 Å². The molecule has 1 heterocycles. The van der Waals surface area contributed by atoms with E-state index in [4.69, 9.17) is 9.47 Å². The SMILES string of the molecule is CCOc1ccc(Oc2cc(CNC(=NC)NC3CCC(SC)C3)ccn2)cc1. The lowest BCUT2D eigenvalue weighted by Crippen LogP contribution is -2.42. The molecule has 2 aromatic rings. The van der Waals surface area contributed by atoms with Crippen molar-refractivity contribution in [1.82, 2.24) is 15.6 Å². The molecule has 1 aromatic heterocycles. The van der Waals surface area contributed by atoms with Gasteiger partial charge in [-0.05, 0) is 68.3 Å². The molecular weight excluding hydrogens is 384 g/mol. The summed E-state index contributed by atoms with van der Waals surface area (Å²) in [6, 6.07) is 12.0. The Hall–Kier alpha value is -2.41. The molecule has 1 fully saturated rings. The van der Waals surface area contributed by atoms with E-state index in [0.29, 0.717) is 25.1 Å². The van der Waals surface area contributed by atoms with Gasteiger partial charge in [0.25, 0.3) is 0 Å². The summed E-state index contributed by atoms with van der Waals surface area (Å²) >= 11 is 1.96. The van der Waals surface area contributed by atoms with Crippen LogP contribution < -0.4 is 20.1 Å². The third-order valence-corrected chi connectivity index (χ3v) is 5.99. The van der Waals surface area contributed by atoms with Crippen LogP contribution in [-0.2, 0) is 6.54 Å². The highest BCUT2D eigenvalue weighted by atomic mass is 32.2. The Morgan fingerprint density at radius 1 is 1.21 bits per heavy atom. The van der Waals surface area contributed by atoms with Crippen LogP contribution in [0.1, 0.15) is 31.7 Å². The van der Waals surface area contributed by atoms with E-state index in [1.54, 1.807) is 6.20 Å². The van der Waals surface area contributed by atoms with E-state index in [2.05, 4.69) is 26.9 Å². The number of guanidine groups is 1. The standard InChI is InChI=1S/C22H30N4O2S/c1-4-27-18-6-8-19(9-7-18)28-21-13-16(11-12-24-21)15-25-22(23-2)26-17-5-10-20(14-17)29-3/h6-9,11-13,17,20H,4-5,10,14-15H2,1-3H3,(H2,23,25,26). The molecule has 0 spiro atoms. The maximum Gasteiger partial charge on any atom is 0.219 e. The molecule has 1 saturated carbocycles. The van der Waals surface area contributed by atoms with Gasteiger partial charge in [-0.3, -0.25) is 4.99 Å². The van der Waals surface area contributed by atoms with Crippen molar-refractivity contribution in [2.75, 3.05) is 19.9 Å². The van der Waals surface area contributed by atoms with Gasteiger partial charge >= 0.3 is 0 Å². The number of aliphatic imine (C=N–C) groups is 1. The van der Waals surface area contributed by atoms with E-state index in [9.17, 15) is 0 Å². The Kier molecular flexibility index (Phi) is 8.04. The first kappa shape index (κ1) is 21.3. The van der Waals surface area contributed by atoms with Gasteiger partial charge < -0.3 is 20.1 Å². The lowest BCUT2D eigenvalue weighted by atomic mass is 10.2. The lowest BCUT2D eigenvalue weighted by Gasteiger charge is -2.17. The van der Waals surface area contributed by atoms with Gasteiger partial charge in [0, 0.05) is 37.1 Å². The molecule has 1 aliphatic rings. The average molecular weight is 415 g/mol. The summed E-state index contributed by atoms with van der Waals surface area (Å²) in [4.78, 5) is 8.67. The van der Waals surface area contributed by atoms with Gasteiger partial charge in [-0.1, -0.05) is 0 Å². The predicted molar refractivity (Wildman–Crippen MR) is 120 cm³/mol. The number of nitrogens with zero attached hydrogens (tertiary/aromatic N) is 2. The van der Waals surface area contributed by atoms with Gasteiger partial charge in [0.05, 0.1) is 6.61 Å². The number of thioether (sulfide) groups is 1. The summed E-state index contributed by atoms with van der Waals surface area (Å²) in [5.41, 5.74) is 1.08. The Balaban J connectivity index is 1.52. The summed E-state index contributed by atoms with van der Waals surface area (Å²) < 4.78 is 11.3. The van der Waals surface area contributed by atoms with Crippen LogP contribution in [-0.4, -0.2) is 42.1 Å². The molecule has 2 atom stereocenters. The number of aromatic nitrogens is 1. The predicted octanol–water partition coefficient (Wildman–Crippen LogP) is 4.22. The van der Waals surface area contributed by atoms with E-state index < -0.39 is 0 Å². The molecule has 7 heteroatoms. The fourth-order valence-electron chi connectivity index (χ4n) is 3.37. The molecule has 2 unspecified atom stereocenters. The highest BCUT2D eigenvalue weighted by molar-refractivity contribution is 7.99. The van der Waals surface area contributed by atoms with Crippen LogP contribution in [0.2, 0.25) is 0 Å². The fourth-order valence-corrected chi connectivity index (χ4v) is 4.16. The first-order valence-electron chi connectivity index (χ1n) is 10.1. The van der Waals surface area contributed by atoms with Gasteiger partial charge in [0.2, 0.25) is 5.88 Å². The van der Waals surface area contributed by atoms with Gasteiger partial charge in [-0.25, -0.2) is 4.98 Å². The van der Waals surface area contributed by atoms with Gasteiger partial charge in [-0.15, -0.1) is 0 Å². The summed E-state index contributed by atoms with van der Waals surface area (Å²) in [5, 5.41) is 7.68. The zero-order valence-electron chi connectivity index (χ0n) is 17.4. The lowest BCUT2D eigenvalue weighted by molar-refractivity contribution is 0.339. The second kappa shape index (κ2) is 11.0. The molecular formula is C22H30N4O2S. The highest BCUT2D eigenvalue weighted by Gasteiger charge is 2.24. The van der Waals surface area contributed by atoms with Gasteiger partial charge in [-0.2, -0.15) is 11.8 Å². The minimum absolute atomic E-state index is 0.495. The topological polar surface area (TPSA) is 67.8 Å². The summed E-state index contributed by atoms with van der Waals surface area (Å²) in [6.07, 6.45) is 7.61. The highest BCUT2D eigenvalue weighted by Crippen LogP contribution is 2.28. The Bertz CT molecular complexity index is 798. The molecule has 1 aromatic carbocycles. The van der Waals surface area contributed by atoms with E-state index >= 15 is 0 Å². The molecule has 0 saturated heterocycles. The number of hydrogen-bond acceptors (Lipinski definition) is 5. The van der Waals surface area contributed by atoms with Crippen LogP contribution in [0.5, 0.6) is 17.4 Å². The zero-order chi connectivity index (χ0) is 20.5. The molecule has 0 radical (unpaired) electrons. The molecule has 3 rings (SSSR count). The number of pyridine rings is 1. The minimum Gasteiger partial charge on any atom is -0.494 e. The second-order valence-corrected chi connectivity index (χ2v) is 8.08. The largest absolute Gasteiger partial charge is 0.494 e. The third kappa shape index (κ3) is 6.56. The van der Waals surface area contributed by atoms with Crippen molar-refractivity contribution < 1.29 is 9.47 Å². The summed E-state index contributed by atoms with van der Waals surface area (Å²) in [6.45, 7) is 3.26. The molecule has 29 heavy (non-hydrogen) atoms. The smallest absolute Gasteiger partial charge is 0.219 e. The molecule has 6 nitrogen and oxygen atoms in total.